The van der Waals surface area contributed by atoms with E-state index in [-0.39, 0.29) is 72.0 Å². The molecule has 0 heterocycles. The van der Waals surface area contributed by atoms with E-state index in [0.29, 0.717) is 25.7 Å². The molecule has 0 rings (SSSR count). The topological polar surface area (TPSA) is 135 Å². The molecular weight excluding hydrogens is 514 g/mol. The van der Waals surface area contributed by atoms with E-state index < -0.39 is 32.2 Å². The summed E-state index contributed by atoms with van der Waals surface area (Å²) in [4.78, 5) is 24.4. The zero-order chi connectivity index (χ0) is 26.8. The SMILES string of the molecule is CCCCCCCCCCCC(CCCCCCCCCCC)(C(=O)[O-])C(C)(C(=O)[O-])S(=O)(=O)O.[Na+].[Na+]. The predicted octanol–water partition coefficient (Wildman–Crippen LogP) is -1.03. The van der Waals surface area contributed by atoms with Crippen molar-refractivity contribution >= 4 is 22.1 Å². The van der Waals surface area contributed by atoms with Crippen LogP contribution < -0.4 is 69.3 Å². The van der Waals surface area contributed by atoms with Gasteiger partial charge in [0.15, 0.2) is 0 Å². The van der Waals surface area contributed by atoms with Gasteiger partial charge < -0.3 is 19.8 Å². The molecule has 7 nitrogen and oxygen atoms in total. The van der Waals surface area contributed by atoms with Gasteiger partial charge in [0.05, 0.1) is 5.97 Å². The smallest absolute Gasteiger partial charge is 0.549 e. The molecule has 0 amide bonds. The third-order valence-corrected chi connectivity index (χ3v) is 9.21. The molecule has 0 radical (unpaired) electrons. The Labute approximate surface area is 271 Å². The molecule has 37 heavy (non-hydrogen) atoms. The third kappa shape index (κ3) is 14.9. The minimum Gasteiger partial charge on any atom is -0.549 e. The Bertz CT molecular complexity index is 679. The van der Waals surface area contributed by atoms with Crippen LogP contribution in [0.4, 0.5) is 0 Å². The Kier molecular flexibility index (Phi) is 26.9. The standard InChI is InChI=1S/C27H52O7S.2Na/c1-4-6-8-10-12-14-16-18-20-22-27(25(30)31,26(3,24(28)29)35(32,33)34)23-21-19-17-15-13-11-9-7-5-2;;/h4-23H2,1-3H3,(H,28,29)(H,30,31)(H,32,33,34);;/q;2*+1/p-2. The summed E-state index contributed by atoms with van der Waals surface area (Å²) >= 11 is 0. The number of carbonyl (C=O) groups excluding carboxylic acids is 2. The zero-order valence-corrected chi connectivity index (χ0v) is 29.3. The monoisotopic (exact) mass is 564 g/mol. The van der Waals surface area contributed by atoms with E-state index in [0.717, 1.165) is 58.3 Å². The number of aliphatic carboxylic acids is 2. The molecule has 0 saturated heterocycles. The molecule has 0 aliphatic carbocycles. The van der Waals surface area contributed by atoms with Crippen LogP contribution >= 0.6 is 0 Å². The fourth-order valence-corrected chi connectivity index (χ4v) is 6.02. The number of carboxylic acid groups (broad SMARTS) is 2. The molecule has 1 atom stereocenters. The van der Waals surface area contributed by atoms with Crippen molar-refractivity contribution in [1.29, 1.82) is 0 Å². The molecule has 208 valence electrons. The van der Waals surface area contributed by atoms with E-state index in [9.17, 15) is 32.8 Å². The molecular formula is C27H50Na2O7S. The molecule has 0 saturated carbocycles. The molecule has 1 unspecified atom stereocenters. The van der Waals surface area contributed by atoms with Crippen molar-refractivity contribution in [3.8, 4) is 0 Å². The Hall–Kier alpha value is 0.850. The molecule has 0 aromatic rings. The van der Waals surface area contributed by atoms with Crippen LogP contribution in [0.1, 0.15) is 149 Å². The maximum atomic E-state index is 12.4. The number of hydrogen-bond donors (Lipinski definition) is 1. The molecule has 0 aromatic carbocycles. The fourth-order valence-electron chi connectivity index (χ4n) is 5.02. The summed E-state index contributed by atoms with van der Waals surface area (Å²) in [5.41, 5.74) is -2.25. The van der Waals surface area contributed by atoms with Crippen molar-refractivity contribution in [2.24, 2.45) is 5.41 Å². The Morgan fingerprint density at radius 3 is 1.08 bits per heavy atom. The van der Waals surface area contributed by atoms with Crippen molar-refractivity contribution in [1.82, 2.24) is 0 Å². The minimum atomic E-state index is -5.27. The van der Waals surface area contributed by atoms with Crippen LogP contribution in [0.2, 0.25) is 0 Å². The molecule has 1 N–H and O–H groups in total. The normalized spacial score (nSPS) is 13.3. The molecule has 0 bridgehead atoms. The summed E-state index contributed by atoms with van der Waals surface area (Å²) in [5.74, 6) is -3.85. The first-order chi connectivity index (χ1) is 16.5. The predicted molar refractivity (Wildman–Crippen MR) is 136 cm³/mol. The van der Waals surface area contributed by atoms with Crippen molar-refractivity contribution in [2.45, 2.75) is 154 Å². The number of hydrogen-bond acceptors (Lipinski definition) is 6. The maximum absolute atomic E-state index is 12.4. The van der Waals surface area contributed by atoms with Gasteiger partial charge in [-0.1, -0.05) is 129 Å². The number of unbranched alkanes of at least 4 members (excludes halogenated alkanes) is 16. The first kappa shape index (κ1) is 42.3. The van der Waals surface area contributed by atoms with E-state index in [4.69, 9.17) is 0 Å². The second-order valence-corrected chi connectivity index (χ2v) is 12.1. The first-order valence-corrected chi connectivity index (χ1v) is 15.3. The van der Waals surface area contributed by atoms with Crippen LogP contribution in [0.15, 0.2) is 0 Å². The van der Waals surface area contributed by atoms with Crippen molar-refractivity contribution < 1.29 is 91.9 Å². The Morgan fingerprint density at radius 2 is 0.865 bits per heavy atom. The van der Waals surface area contributed by atoms with Crippen LogP contribution in [0.3, 0.4) is 0 Å². The van der Waals surface area contributed by atoms with Gasteiger partial charge in [-0.25, -0.2) is 0 Å². The molecule has 0 aromatic heterocycles. The summed E-state index contributed by atoms with van der Waals surface area (Å²) in [6.45, 7) is 5.07. The van der Waals surface area contributed by atoms with Crippen LogP contribution in [0, 0.1) is 5.41 Å². The molecule has 0 spiro atoms. The van der Waals surface area contributed by atoms with Crippen LogP contribution in [0.5, 0.6) is 0 Å². The van der Waals surface area contributed by atoms with Gasteiger partial charge in [-0.15, -0.1) is 0 Å². The largest absolute Gasteiger partial charge is 1.00 e. The van der Waals surface area contributed by atoms with E-state index in [2.05, 4.69) is 13.8 Å². The molecule has 0 aliphatic heterocycles. The summed E-state index contributed by atoms with van der Waals surface area (Å²) in [6, 6.07) is 0. The van der Waals surface area contributed by atoms with E-state index in [1.165, 1.54) is 38.5 Å². The van der Waals surface area contributed by atoms with Gasteiger partial charge >= 0.3 is 59.1 Å². The zero-order valence-electron chi connectivity index (χ0n) is 24.4. The Balaban J connectivity index is -0.00000578. The third-order valence-electron chi connectivity index (χ3n) is 7.62. The van der Waals surface area contributed by atoms with Gasteiger partial charge in [0.2, 0.25) is 0 Å². The van der Waals surface area contributed by atoms with Crippen LogP contribution in [0.25, 0.3) is 0 Å². The maximum Gasteiger partial charge on any atom is 1.00 e. The summed E-state index contributed by atoms with van der Waals surface area (Å²) in [7, 11) is -5.27. The van der Waals surface area contributed by atoms with E-state index >= 15 is 0 Å². The first-order valence-electron chi connectivity index (χ1n) is 13.9. The number of carboxylic acids is 2. The van der Waals surface area contributed by atoms with Gasteiger partial charge in [-0.3, -0.25) is 4.55 Å². The van der Waals surface area contributed by atoms with Crippen molar-refractivity contribution in [2.75, 3.05) is 0 Å². The average Bonchev–Trinajstić information content (AvgIpc) is 2.79. The van der Waals surface area contributed by atoms with Gasteiger partial charge in [-0.05, 0) is 19.8 Å². The second-order valence-electron chi connectivity index (χ2n) is 10.3. The number of carbonyl (C=O) groups is 2. The van der Waals surface area contributed by atoms with Crippen LogP contribution in [-0.2, 0) is 19.7 Å². The van der Waals surface area contributed by atoms with E-state index in [1.807, 2.05) is 0 Å². The van der Waals surface area contributed by atoms with E-state index in [1.54, 1.807) is 0 Å². The van der Waals surface area contributed by atoms with Gasteiger partial charge in [0.1, 0.15) is 4.75 Å². The second kappa shape index (κ2) is 23.5. The van der Waals surface area contributed by atoms with Crippen molar-refractivity contribution in [3.63, 3.8) is 0 Å². The number of rotatable bonds is 24. The summed E-state index contributed by atoms with van der Waals surface area (Å²) < 4.78 is 31.3. The van der Waals surface area contributed by atoms with Gasteiger partial charge in [0.25, 0.3) is 10.1 Å². The quantitative estimate of drug-likeness (QED) is 0.0900. The summed E-state index contributed by atoms with van der Waals surface area (Å²) in [6.07, 6.45) is 17.0. The van der Waals surface area contributed by atoms with Crippen molar-refractivity contribution in [3.05, 3.63) is 0 Å². The fraction of sp³-hybridized carbons (Fsp3) is 0.926. The average molecular weight is 565 g/mol. The van der Waals surface area contributed by atoms with Gasteiger partial charge in [-0.2, -0.15) is 8.42 Å². The minimum absolute atomic E-state index is 0. The molecule has 10 heteroatoms. The van der Waals surface area contributed by atoms with Crippen LogP contribution in [-0.4, -0.2) is 29.7 Å². The Morgan fingerprint density at radius 1 is 0.595 bits per heavy atom. The molecule has 0 aliphatic rings. The summed E-state index contributed by atoms with van der Waals surface area (Å²) in [5, 5.41) is 24.4. The molecule has 0 fully saturated rings. The van der Waals surface area contributed by atoms with Gasteiger partial charge in [0, 0.05) is 11.4 Å².